The van der Waals surface area contributed by atoms with Gasteiger partial charge in [0, 0.05) is 11.8 Å². The maximum absolute atomic E-state index is 12.2. The Bertz CT molecular complexity index is 883. The first-order valence-corrected chi connectivity index (χ1v) is 8.91. The molecule has 0 heterocycles. The number of ether oxygens (including phenoxy) is 2. The quantitative estimate of drug-likeness (QED) is 0.505. The minimum absolute atomic E-state index is 0.351. The minimum atomic E-state index is -1.00. The van der Waals surface area contributed by atoms with Crippen molar-refractivity contribution in [2.45, 2.75) is 13.0 Å². The number of carbonyl (C=O) groups excluding carboxylic acids is 2. The lowest BCUT2D eigenvalue weighted by Gasteiger charge is -2.13. The molecule has 2 aromatic carbocycles. The number of carbonyl (C=O) groups is 2. The predicted octanol–water partition coefficient (Wildman–Crippen LogP) is 5.24. The Kier molecular flexibility index (Phi) is 7.54. The van der Waals surface area contributed by atoms with E-state index in [2.05, 4.69) is 5.32 Å². The van der Waals surface area contributed by atoms with Crippen molar-refractivity contribution in [3.63, 3.8) is 0 Å². The third kappa shape index (κ3) is 6.17. The Morgan fingerprint density at radius 3 is 2.41 bits per heavy atom. The average molecular weight is 429 g/mol. The number of rotatable bonds is 6. The van der Waals surface area contributed by atoms with Gasteiger partial charge in [0.2, 0.25) is 0 Å². The fraction of sp³-hybridized carbons (Fsp3) is 0.158. The van der Waals surface area contributed by atoms with Crippen molar-refractivity contribution >= 4 is 58.4 Å². The molecular formula is C19H16Cl3NO4. The molecule has 0 fully saturated rings. The van der Waals surface area contributed by atoms with Crippen LogP contribution in [-0.4, -0.2) is 25.1 Å². The minimum Gasteiger partial charge on any atom is -0.495 e. The molecule has 2 aromatic rings. The molecular weight excluding hydrogens is 413 g/mol. The van der Waals surface area contributed by atoms with Crippen molar-refractivity contribution in [2.24, 2.45) is 0 Å². The SMILES string of the molecule is COc1ccc(NC(=O)C(C)OC(=O)/C=C/c2ccc(Cl)c(Cl)c2)cc1Cl. The maximum Gasteiger partial charge on any atom is 0.331 e. The summed E-state index contributed by atoms with van der Waals surface area (Å²) in [6.07, 6.45) is 1.71. The van der Waals surface area contributed by atoms with Crippen LogP contribution in [0.2, 0.25) is 15.1 Å². The molecule has 27 heavy (non-hydrogen) atoms. The molecule has 0 spiro atoms. The molecule has 0 saturated carbocycles. The van der Waals surface area contributed by atoms with E-state index in [1.54, 1.807) is 30.3 Å². The number of esters is 1. The zero-order chi connectivity index (χ0) is 20.0. The molecule has 0 aromatic heterocycles. The number of hydrogen-bond acceptors (Lipinski definition) is 4. The fourth-order valence-corrected chi connectivity index (χ4v) is 2.60. The Labute approximate surface area is 171 Å². The van der Waals surface area contributed by atoms with Gasteiger partial charge < -0.3 is 14.8 Å². The van der Waals surface area contributed by atoms with Crippen LogP contribution in [0.25, 0.3) is 6.08 Å². The van der Waals surface area contributed by atoms with Crippen LogP contribution in [0.15, 0.2) is 42.5 Å². The number of halogens is 3. The molecule has 1 unspecified atom stereocenters. The topological polar surface area (TPSA) is 64.6 Å². The van der Waals surface area contributed by atoms with E-state index in [0.717, 1.165) is 0 Å². The summed E-state index contributed by atoms with van der Waals surface area (Å²) in [5, 5.41) is 3.76. The largest absolute Gasteiger partial charge is 0.495 e. The van der Waals surface area contributed by atoms with Crippen molar-refractivity contribution in [3.05, 3.63) is 63.1 Å². The van der Waals surface area contributed by atoms with Crippen molar-refractivity contribution in [1.82, 2.24) is 0 Å². The third-order valence-electron chi connectivity index (χ3n) is 3.44. The number of hydrogen-bond donors (Lipinski definition) is 1. The second-order valence-electron chi connectivity index (χ2n) is 5.42. The second kappa shape index (κ2) is 9.65. The molecule has 0 saturated heterocycles. The Morgan fingerprint density at radius 1 is 1.04 bits per heavy atom. The Balaban J connectivity index is 1.92. The van der Waals surface area contributed by atoms with E-state index in [0.29, 0.717) is 32.1 Å². The Morgan fingerprint density at radius 2 is 1.78 bits per heavy atom. The van der Waals surface area contributed by atoms with Gasteiger partial charge in [-0.25, -0.2) is 4.79 Å². The van der Waals surface area contributed by atoms with Crippen LogP contribution >= 0.6 is 34.8 Å². The summed E-state index contributed by atoms with van der Waals surface area (Å²) in [5.41, 5.74) is 1.13. The molecule has 1 amide bonds. The summed E-state index contributed by atoms with van der Waals surface area (Å²) in [6, 6.07) is 9.71. The summed E-state index contributed by atoms with van der Waals surface area (Å²) >= 11 is 17.8. The molecule has 1 atom stereocenters. The van der Waals surface area contributed by atoms with E-state index in [4.69, 9.17) is 44.3 Å². The van der Waals surface area contributed by atoms with Crippen molar-refractivity contribution in [1.29, 1.82) is 0 Å². The summed E-state index contributed by atoms with van der Waals surface area (Å²) in [6.45, 7) is 1.46. The van der Waals surface area contributed by atoms with E-state index in [1.807, 2.05) is 0 Å². The highest BCUT2D eigenvalue weighted by Crippen LogP contribution is 2.27. The van der Waals surface area contributed by atoms with Crippen LogP contribution in [-0.2, 0) is 14.3 Å². The van der Waals surface area contributed by atoms with E-state index in [1.165, 1.54) is 32.3 Å². The first-order chi connectivity index (χ1) is 12.8. The first kappa shape index (κ1) is 21.1. The van der Waals surface area contributed by atoms with Gasteiger partial charge >= 0.3 is 5.97 Å². The third-order valence-corrected chi connectivity index (χ3v) is 4.47. The number of methoxy groups -OCH3 is 1. The molecule has 0 aliphatic carbocycles. The zero-order valence-electron chi connectivity index (χ0n) is 14.5. The smallest absolute Gasteiger partial charge is 0.331 e. The first-order valence-electron chi connectivity index (χ1n) is 7.78. The number of anilines is 1. The summed E-state index contributed by atoms with van der Waals surface area (Å²) in [4.78, 5) is 24.0. The van der Waals surface area contributed by atoms with E-state index in [-0.39, 0.29) is 0 Å². The fourth-order valence-electron chi connectivity index (χ4n) is 2.04. The van der Waals surface area contributed by atoms with Crippen LogP contribution in [0.3, 0.4) is 0 Å². The van der Waals surface area contributed by atoms with Gasteiger partial charge in [0.1, 0.15) is 5.75 Å². The van der Waals surface area contributed by atoms with Gasteiger partial charge in [-0.15, -0.1) is 0 Å². The average Bonchev–Trinajstić information content (AvgIpc) is 2.62. The van der Waals surface area contributed by atoms with Crippen LogP contribution in [0.4, 0.5) is 5.69 Å². The lowest BCUT2D eigenvalue weighted by Crippen LogP contribution is -2.29. The van der Waals surface area contributed by atoms with Gasteiger partial charge in [-0.1, -0.05) is 40.9 Å². The summed E-state index contributed by atoms with van der Waals surface area (Å²) < 4.78 is 10.1. The van der Waals surface area contributed by atoms with Gasteiger partial charge in [-0.2, -0.15) is 0 Å². The molecule has 0 aliphatic rings. The molecule has 0 radical (unpaired) electrons. The highest BCUT2D eigenvalue weighted by molar-refractivity contribution is 6.42. The van der Waals surface area contributed by atoms with Crippen LogP contribution < -0.4 is 10.1 Å². The normalized spacial score (nSPS) is 11.9. The molecule has 1 N–H and O–H groups in total. The molecule has 142 valence electrons. The summed E-state index contributed by atoms with van der Waals surface area (Å²) in [5.74, 6) is -0.675. The van der Waals surface area contributed by atoms with Crippen LogP contribution in [0, 0.1) is 0 Å². The van der Waals surface area contributed by atoms with Crippen LogP contribution in [0.1, 0.15) is 12.5 Å². The number of nitrogens with one attached hydrogen (secondary N) is 1. The van der Waals surface area contributed by atoms with Gasteiger partial charge in [-0.05, 0) is 48.9 Å². The molecule has 2 rings (SSSR count). The van der Waals surface area contributed by atoms with Crippen molar-refractivity contribution in [2.75, 3.05) is 12.4 Å². The number of benzene rings is 2. The Hall–Kier alpha value is -2.21. The van der Waals surface area contributed by atoms with Gasteiger partial charge in [0.15, 0.2) is 6.10 Å². The molecule has 0 bridgehead atoms. The highest BCUT2D eigenvalue weighted by atomic mass is 35.5. The second-order valence-corrected chi connectivity index (χ2v) is 6.65. The standard InChI is InChI=1S/C19H16Cl3NO4/c1-11(19(25)23-13-5-7-17(26-2)16(22)10-13)27-18(24)8-4-12-3-6-14(20)15(21)9-12/h3-11H,1-2H3,(H,23,25)/b8-4+. The summed E-state index contributed by atoms with van der Waals surface area (Å²) in [7, 11) is 1.49. The molecule has 8 heteroatoms. The predicted molar refractivity (Wildman–Crippen MR) is 108 cm³/mol. The number of amides is 1. The zero-order valence-corrected chi connectivity index (χ0v) is 16.7. The van der Waals surface area contributed by atoms with Crippen LogP contribution in [0.5, 0.6) is 5.75 Å². The lowest BCUT2D eigenvalue weighted by atomic mass is 10.2. The van der Waals surface area contributed by atoms with E-state index >= 15 is 0 Å². The molecule has 0 aliphatic heterocycles. The monoisotopic (exact) mass is 427 g/mol. The van der Waals surface area contributed by atoms with E-state index < -0.39 is 18.0 Å². The van der Waals surface area contributed by atoms with Gasteiger partial charge in [0.25, 0.3) is 5.91 Å². The lowest BCUT2D eigenvalue weighted by molar-refractivity contribution is -0.148. The van der Waals surface area contributed by atoms with E-state index in [9.17, 15) is 9.59 Å². The van der Waals surface area contributed by atoms with Gasteiger partial charge in [0.05, 0.1) is 22.2 Å². The highest BCUT2D eigenvalue weighted by Gasteiger charge is 2.17. The van der Waals surface area contributed by atoms with Crippen molar-refractivity contribution < 1.29 is 19.1 Å². The maximum atomic E-state index is 12.2. The van der Waals surface area contributed by atoms with Crippen molar-refractivity contribution in [3.8, 4) is 5.75 Å². The van der Waals surface area contributed by atoms with Gasteiger partial charge in [-0.3, -0.25) is 4.79 Å². The molecule has 5 nitrogen and oxygen atoms in total.